The van der Waals surface area contributed by atoms with Gasteiger partial charge in [-0.05, 0) is 18.9 Å². The summed E-state index contributed by atoms with van der Waals surface area (Å²) in [6, 6.07) is -0.0694. The van der Waals surface area contributed by atoms with E-state index in [4.69, 9.17) is 5.73 Å². The van der Waals surface area contributed by atoms with Crippen LogP contribution in [-0.4, -0.2) is 18.5 Å². The van der Waals surface area contributed by atoms with Gasteiger partial charge in [0.15, 0.2) is 0 Å². The summed E-state index contributed by atoms with van der Waals surface area (Å²) in [5.74, 6) is 0.377. The molecule has 1 amide bonds. The van der Waals surface area contributed by atoms with Crippen LogP contribution in [0.1, 0.15) is 27.2 Å². The number of nitrogens with two attached hydrogens (primary N) is 1. The topological polar surface area (TPSA) is 55.1 Å². The van der Waals surface area contributed by atoms with Crippen molar-refractivity contribution in [2.75, 3.05) is 6.54 Å². The van der Waals surface area contributed by atoms with Gasteiger partial charge in [-0.15, -0.1) is 0 Å². The van der Waals surface area contributed by atoms with Gasteiger partial charge in [-0.1, -0.05) is 20.8 Å². The fourth-order valence-corrected chi connectivity index (χ4v) is 1.13. The lowest BCUT2D eigenvalue weighted by Crippen LogP contribution is -2.36. The van der Waals surface area contributed by atoms with Crippen molar-refractivity contribution < 1.29 is 4.79 Å². The molecule has 0 aliphatic carbocycles. The molecule has 0 aromatic heterocycles. The van der Waals surface area contributed by atoms with Crippen LogP contribution in [0.25, 0.3) is 0 Å². The zero-order chi connectivity index (χ0) is 8.85. The minimum Gasteiger partial charge on any atom is -0.368 e. The van der Waals surface area contributed by atoms with Crippen molar-refractivity contribution in [3.05, 3.63) is 0 Å². The molecular weight excluding hydrogens is 140 g/mol. The molecule has 0 saturated carbocycles. The summed E-state index contributed by atoms with van der Waals surface area (Å²) < 4.78 is 0. The molecule has 1 rings (SSSR count). The summed E-state index contributed by atoms with van der Waals surface area (Å²) in [5, 5.41) is 3.03. The number of hydrogen-bond acceptors (Lipinski definition) is 2. The van der Waals surface area contributed by atoms with Gasteiger partial charge in [-0.25, -0.2) is 0 Å². The lowest BCUT2D eigenvalue weighted by Gasteiger charge is -2.01. The normalized spacial score (nSPS) is 29.0. The Kier molecular flexibility index (Phi) is 4.86. The lowest BCUT2D eigenvalue weighted by molar-refractivity contribution is -0.119. The summed E-state index contributed by atoms with van der Waals surface area (Å²) in [4.78, 5) is 10.5. The van der Waals surface area contributed by atoms with Crippen LogP contribution in [-0.2, 0) is 4.79 Å². The van der Waals surface area contributed by atoms with Gasteiger partial charge >= 0.3 is 0 Å². The Morgan fingerprint density at radius 3 is 2.27 bits per heavy atom. The van der Waals surface area contributed by atoms with E-state index in [1.54, 1.807) is 0 Å². The van der Waals surface area contributed by atoms with E-state index in [1.807, 2.05) is 13.8 Å². The molecule has 3 heteroatoms. The molecule has 3 N–H and O–H groups in total. The van der Waals surface area contributed by atoms with Crippen LogP contribution in [0.4, 0.5) is 0 Å². The van der Waals surface area contributed by atoms with Crippen molar-refractivity contribution >= 4 is 5.91 Å². The zero-order valence-electron chi connectivity index (χ0n) is 7.55. The fraction of sp³-hybridized carbons (Fsp3) is 0.875. The number of rotatable bonds is 1. The molecule has 0 radical (unpaired) electrons. The molecule has 0 aromatic carbocycles. The Bertz CT molecular complexity index is 125. The third-order valence-electron chi connectivity index (χ3n) is 1.69. The molecule has 1 saturated heterocycles. The SMILES string of the molecule is CC.C[C@@H]1CN[C@@H](C(N)=O)C1. The average Bonchev–Trinajstić information content (AvgIpc) is 2.40. The molecule has 1 aliphatic heterocycles. The van der Waals surface area contributed by atoms with Crippen LogP contribution in [0.2, 0.25) is 0 Å². The van der Waals surface area contributed by atoms with Crippen LogP contribution in [0.3, 0.4) is 0 Å². The Morgan fingerprint density at radius 1 is 1.55 bits per heavy atom. The largest absolute Gasteiger partial charge is 0.368 e. The molecule has 0 bridgehead atoms. The van der Waals surface area contributed by atoms with Gasteiger partial charge in [-0.2, -0.15) is 0 Å². The Balaban J connectivity index is 0.000000461. The van der Waals surface area contributed by atoms with Gasteiger partial charge < -0.3 is 11.1 Å². The average molecular weight is 158 g/mol. The van der Waals surface area contributed by atoms with E-state index in [0.29, 0.717) is 5.92 Å². The van der Waals surface area contributed by atoms with Crippen molar-refractivity contribution in [2.45, 2.75) is 33.2 Å². The van der Waals surface area contributed by atoms with E-state index in [0.717, 1.165) is 13.0 Å². The highest BCUT2D eigenvalue weighted by atomic mass is 16.1. The van der Waals surface area contributed by atoms with Crippen molar-refractivity contribution in [2.24, 2.45) is 11.7 Å². The van der Waals surface area contributed by atoms with Crippen molar-refractivity contribution in [1.29, 1.82) is 0 Å². The van der Waals surface area contributed by atoms with Gasteiger partial charge in [-0.3, -0.25) is 4.79 Å². The highest BCUT2D eigenvalue weighted by molar-refractivity contribution is 5.80. The molecule has 1 heterocycles. The summed E-state index contributed by atoms with van der Waals surface area (Å²) in [7, 11) is 0. The molecule has 2 atom stereocenters. The van der Waals surface area contributed by atoms with Gasteiger partial charge in [0.2, 0.25) is 5.91 Å². The second kappa shape index (κ2) is 5.13. The zero-order valence-corrected chi connectivity index (χ0v) is 7.55. The minimum atomic E-state index is -0.223. The highest BCUT2D eigenvalue weighted by Gasteiger charge is 2.24. The van der Waals surface area contributed by atoms with E-state index in [1.165, 1.54) is 0 Å². The predicted octanol–water partition coefficient (Wildman–Crippen LogP) is 0.496. The quantitative estimate of drug-likeness (QED) is 0.583. The van der Waals surface area contributed by atoms with Gasteiger partial charge in [0, 0.05) is 0 Å². The smallest absolute Gasteiger partial charge is 0.234 e. The molecule has 1 fully saturated rings. The first-order valence-corrected chi connectivity index (χ1v) is 4.23. The third-order valence-corrected chi connectivity index (χ3v) is 1.69. The van der Waals surface area contributed by atoms with Crippen LogP contribution in [0.5, 0.6) is 0 Å². The fourth-order valence-electron chi connectivity index (χ4n) is 1.13. The molecule has 66 valence electrons. The van der Waals surface area contributed by atoms with Gasteiger partial charge in [0.1, 0.15) is 0 Å². The van der Waals surface area contributed by atoms with Crippen LogP contribution >= 0.6 is 0 Å². The van der Waals surface area contributed by atoms with E-state index >= 15 is 0 Å². The second-order valence-corrected chi connectivity index (χ2v) is 2.70. The van der Waals surface area contributed by atoms with E-state index in [2.05, 4.69) is 12.2 Å². The van der Waals surface area contributed by atoms with E-state index in [9.17, 15) is 4.79 Å². The standard InChI is InChI=1S/C6H12N2O.C2H6/c1-4-2-5(6(7)9)8-3-4;1-2/h4-5,8H,2-3H2,1H3,(H2,7,9);1-2H3/t4-,5+;/m0./s1. The summed E-state index contributed by atoms with van der Waals surface area (Å²) >= 11 is 0. The molecule has 11 heavy (non-hydrogen) atoms. The molecule has 0 aromatic rings. The van der Waals surface area contributed by atoms with Crippen LogP contribution in [0, 0.1) is 5.92 Å². The molecule has 0 unspecified atom stereocenters. The van der Waals surface area contributed by atoms with Crippen LogP contribution < -0.4 is 11.1 Å². The van der Waals surface area contributed by atoms with Crippen molar-refractivity contribution in [3.63, 3.8) is 0 Å². The summed E-state index contributed by atoms with van der Waals surface area (Å²) in [6.45, 7) is 7.03. The van der Waals surface area contributed by atoms with Gasteiger partial charge in [0.05, 0.1) is 6.04 Å². The lowest BCUT2D eigenvalue weighted by atomic mass is 10.1. The number of carbonyl (C=O) groups excluding carboxylic acids is 1. The number of hydrogen-bond donors (Lipinski definition) is 2. The van der Waals surface area contributed by atoms with E-state index < -0.39 is 0 Å². The molecule has 0 spiro atoms. The van der Waals surface area contributed by atoms with Crippen molar-refractivity contribution in [1.82, 2.24) is 5.32 Å². The third kappa shape index (κ3) is 3.37. The highest BCUT2D eigenvalue weighted by Crippen LogP contribution is 2.11. The second-order valence-electron chi connectivity index (χ2n) is 2.70. The summed E-state index contributed by atoms with van der Waals surface area (Å²) in [6.07, 6.45) is 0.898. The number of primary amides is 1. The molecule has 3 nitrogen and oxygen atoms in total. The molecular formula is C8H18N2O. The molecule has 1 aliphatic rings. The minimum absolute atomic E-state index is 0.0694. The maximum atomic E-state index is 10.5. The maximum absolute atomic E-state index is 10.5. The van der Waals surface area contributed by atoms with Crippen LogP contribution in [0.15, 0.2) is 0 Å². The predicted molar refractivity (Wildman–Crippen MR) is 46.1 cm³/mol. The Hall–Kier alpha value is -0.570. The van der Waals surface area contributed by atoms with Crippen molar-refractivity contribution in [3.8, 4) is 0 Å². The maximum Gasteiger partial charge on any atom is 0.234 e. The van der Waals surface area contributed by atoms with Gasteiger partial charge in [0.25, 0.3) is 0 Å². The summed E-state index contributed by atoms with van der Waals surface area (Å²) in [5.41, 5.74) is 5.06. The first-order chi connectivity index (χ1) is 5.20. The first kappa shape index (κ1) is 10.4. The first-order valence-electron chi connectivity index (χ1n) is 4.23. The number of amides is 1. The monoisotopic (exact) mass is 158 g/mol. The number of nitrogens with one attached hydrogen (secondary N) is 1. The number of carbonyl (C=O) groups is 1. The Labute approximate surface area is 68.3 Å². The van der Waals surface area contributed by atoms with E-state index in [-0.39, 0.29) is 11.9 Å². The Morgan fingerprint density at radius 2 is 2.09 bits per heavy atom.